The molecule has 29 heavy (non-hydrogen) atoms. The number of phenols is 1. The summed E-state index contributed by atoms with van der Waals surface area (Å²) in [5, 5.41) is 18.6. The van der Waals surface area contributed by atoms with E-state index in [2.05, 4.69) is 5.10 Å². The van der Waals surface area contributed by atoms with Crippen LogP contribution in [0, 0.1) is 0 Å². The van der Waals surface area contributed by atoms with Crippen LogP contribution in [0.2, 0.25) is 0 Å². The molecular weight excluding hydrogens is 368 g/mol. The van der Waals surface area contributed by atoms with Gasteiger partial charge in [-0.15, -0.1) is 0 Å². The lowest BCUT2D eigenvalue weighted by molar-refractivity contribution is -0.130. The van der Waals surface area contributed by atoms with Gasteiger partial charge in [-0.2, -0.15) is 5.10 Å². The zero-order valence-corrected chi connectivity index (χ0v) is 16.5. The summed E-state index contributed by atoms with van der Waals surface area (Å²) in [5.74, 6) is 1.20. The molecule has 1 N–H and O–H groups in total. The average Bonchev–Trinajstić information content (AvgIpc) is 3.18. The molecule has 0 unspecified atom stereocenters. The molecule has 148 valence electrons. The molecule has 0 aliphatic carbocycles. The van der Waals surface area contributed by atoms with E-state index in [0.717, 1.165) is 16.3 Å². The number of ether oxygens (including phenoxy) is 2. The van der Waals surface area contributed by atoms with E-state index in [1.165, 1.54) is 11.9 Å². The molecule has 0 aromatic heterocycles. The van der Waals surface area contributed by atoms with Crippen LogP contribution in [-0.4, -0.2) is 36.0 Å². The van der Waals surface area contributed by atoms with Gasteiger partial charge in [0.1, 0.15) is 5.75 Å². The Morgan fingerprint density at radius 1 is 1.07 bits per heavy atom. The SMILES string of the molecule is COc1ccc([C@@H]2CC(c3c(O)ccc4ccccc34)=NN2C(C)=O)cc1OC. The highest BCUT2D eigenvalue weighted by Gasteiger charge is 2.33. The first-order valence-electron chi connectivity index (χ1n) is 9.33. The molecule has 1 heterocycles. The highest BCUT2D eigenvalue weighted by atomic mass is 16.5. The largest absolute Gasteiger partial charge is 0.507 e. The summed E-state index contributed by atoms with van der Waals surface area (Å²) in [6.45, 7) is 1.49. The van der Waals surface area contributed by atoms with Crippen LogP contribution in [0.5, 0.6) is 17.2 Å². The summed E-state index contributed by atoms with van der Waals surface area (Å²) in [6.07, 6.45) is 0.483. The minimum atomic E-state index is -0.291. The Morgan fingerprint density at radius 3 is 2.55 bits per heavy atom. The number of methoxy groups -OCH3 is 2. The van der Waals surface area contributed by atoms with E-state index in [0.29, 0.717) is 29.2 Å². The third kappa shape index (κ3) is 3.27. The Kier molecular flexibility index (Phi) is 4.84. The molecule has 0 spiro atoms. The van der Waals surface area contributed by atoms with E-state index in [4.69, 9.17) is 9.47 Å². The van der Waals surface area contributed by atoms with E-state index in [-0.39, 0.29) is 17.7 Å². The fraction of sp³-hybridized carbons (Fsp3) is 0.217. The minimum Gasteiger partial charge on any atom is -0.507 e. The highest BCUT2D eigenvalue weighted by molar-refractivity contribution is 6.14. The van der Waals surface area contributed by atoms with Crippen molar-refractivity contribution in [3.05, 3.63) is 65.7 Å². The van der Waals surface area contributed by atoms with Gasteiger partial charge in [0.15, 0.2) is 11.5 Å². The molecule has 0 radical (unpaired) electrons. The fourth-order valence-electron chi connectivity index (χ4n) is 3.83. The van der Waals surface area contributed by atoms with Gasteiger partial charge in [-0.05, 0) is 34.5 Å². The number of carbonyl (C=O) groups is 1. The highest BCUT2D eigenvalue weighted by Crippen LogP contribution is 2.39. The zero-order chi connectivity index (χ0) is 20.5. The Morgan fingerprint density at radius 2 is 1.83 bits per heavy atom. The van der Waals surface area contributed by atoms with Crippen LogP contribution >= 0.6 is 0 Å². The van der Waals surface area contributed by atoms with Crippen LogP contribution in [0.4, 0.5) is 0 Å². The van der Waals surface area contributed by atoms with Gasteiger partial charge in [-0.3, -0.25) is 4.79 Å². The van der Waals surface area contributed by atoms with Crippen LogP contribution in [0.3, 0.4) is 0 Å². The van der Waals surface area contributed by atoms with Crippen molar-refractivity contribution < 1.29 is 19.4 Å². The maximum Gasteiger partial charge on any atom is 0.240 e. The average molecular weight is 390 g/mol. The van der Waals surface area contributed by atoms with E-state index in [1.807, 2.05) is 48.5 Å². The van der Waals surface area contributed by atoms with Gasteiger partial charge < -0.3 is 14.6 Å². The molecule has 1 aliphatic heterocycles. The first-order chi connectivity index (χ1) is 14.0. The molecule has 4 rings (SSSR count). The van der Waals surface area contributed by atoms with Crippen LogP contribution in [-0.2, 0) is 4.79 Å². The number of rotatable bonds is 4. The number of fused-ring (bicyclic) bond motifs is 1. The molecule has 1 atom stereocenters. The Bertz CT molecular complexity index is 1120. The predicted octanol–water partition coefficient (Wildman–Crippen LogP) is 4.26. The normalized spacial score (nSPS) is 16.0. The molecule has 3 aromatic carbocycles. The van der Waals surface area contributed by atoms with Crippen LogP contribution < -0.4 is 9.47 Å². The molecule has 1 aliphatic rings. The maximum atomic E-state index is 12.3. The first kappa shape index (κ1) is 18.8. The lowest BCUT2D eigenvalue weighted by Crippen LogP contribution is -2.24. The van der Waals surface area contributed by atoms with Crippen LogP contribution in [0.15, 0.2) is 59.7 Å². The zero-order valence-electron chi connectivity index (χ0n) is 16.5. The number of amides is 1. The predicted molar refractivity (Wildman–Crippen MR) is 112 cm³/mol. The molecule has 1 amide bonds. The number of hydrogen-bond acceptors (Lipinski definition) is 5. The summed E-state index contributed by atoms with van der Waals surface area (Å²) >= 11 is 0. The van der Waals surface area contributed by atoms with Crippen molar-refractivity contribution in [2.75, 3.05) is 14.2 Å². The van der Waals surface area contributed by atoms with Crippen molar-refractivity contribution in [3.63, 3.8) is 0 Å². The van der Waals surface area contributed by atoms with Crippen LogP contribution in [0.25, 0.3) is 10.8 Å². The van der Waals surface area contributed by atoms with Gasteiger partial charge in [0.25, 0.3) is 0 Å². The molecule has 0 saturated carbocycles. The third-order valence-electron chi connectivity index (χ3n) is 5.22. The lowest BCUT2D eigenvalue weighted by atomic mass is 9.94. The number of phenolic OH excluding ortho intramolecular Hbond substituents is 1. The third-order valence-corrected chi connectivity index (χ3v) is 5.22. The van der Waals surface area contributed by atoms with Crippen LogP contribution in [0.1, 0.15) is 30.5 Å². The summed E-state index contributed by atoms with van der Waals surface area (Å²) in [7, 11) is 3.16. The molecule has 0 fully saturated rings. The number of aromatic hydroxyl groups is 1. The van der Waals surface area contributed by atoms with E-state index in [9.17, 15) is 9.90 Å². The van der Waals surface area contributed by atoms with E-state index in [1.54, 1.807) is 20.3 Å². The number of hydrazone groups is 1. The van der Waals surface area contributed by atoms with Gasteiger partial charge in [0.05, 0.1) is 26.0 Å². The number of carbonyl (C=O) groups excluding carboxylic acids is 1. The van der Waals surface area contributed by atoms with E-state index < -0.39 is 0 Å². The molecular formula is C23H22N2O4. The molecule has 3 aromatic rings. The van der Waals surface area contributed by atoms with E-state index >= 15 is 0 Å². The Labute approximate surface area is 169 Å². The monoisotopic (exact) mass is 390 g/mol. The summed E-state index contributed by atoms with van der Waals surface area (Å²) < 4.78 is 10.7. The molecule has 6 nitrogen and oxygen atoms in total. The summed E-state index contributed by atoms with van der Waals surface area (Å²) in [6, 6.07) is 16.7. The van der Waals surface area contributed by atoms with Gasteiger partial charge in [0.2, 0.25) is 5.91 Å². The second-order valence-corrected chi connectivity index (χ2v) is 6.93. The van der Waals surface area contributed by atoms with Crippen molar-refractivity contribution >= 4 is 22.4 Å². The van der Waals surface area contributed by atoms with Gasteiger partial charge in [0, 0.05) is 18.9 Å². The summed E-state index contributed by atoms with van der Waals surface area (Å²) in [5.41, 5.74) is 2.22. The number of benzene rings is 3. The van der Waals surface area contributed by atoms with Gasteiger partial charge in [-0.1, -0.05) is 36.4 Å². The van der Waals surface area contributed by atoms with Gasteiger partial charge in [-0.25, -0.2) is 5.01 Å². The topological polar surface area (TPSA) is 71.4 Å². The number of nitrogens with zero attached hydrogens (tertiary/aromatic N) is 2. The number of hydrogen-bond donors (Lipinski definition) is 1. The second-order valence-electron chi connectivity index (χ2n) is 6.93. The van der Waals surface area contributed by atoms with Crippen molar-refractivity contribution in [2.24, 2.45) is 5.10 Å². The quantitative estimate of drug-likeness (QED) is 0.723. The molecule has 0 saturated heterocycles. The first-order valence-corrected chi connectivity index (χ1v) is 9.33. The fourth-order valence-corrected chi connectivity index (χ4v) is 3.83. The van der Waals surface area contributed by atoms with Crippen molar-refractivity contribution in [3.8, 4) is 17.2 Å². The molecule has 6 heteroatoms. The minimum absolute atomic E-state index is 0.152. The maximum absolute atomic E-state index is 12.3. The Hall–Kier alpha value is -3.54. The summed E-state index contributed by atoms with van der Waals surface area (Å²) in [4.78, 5) is 12.3. The smallest absolute Gasteiger partial charge is 0.240 e. The van der Waals surface area contributed by atoms with Crippen molar-refractivity contribution in [1.29, 1.82) is 0 Å². The molecule has 0 bridgehead atoms. The van der Waals surface area contributed by atoms with Crippen molar-refractivity contribution in [1.82, 2.24) is 5.01 Å². The second kappa shape index (κ2) is 7.47. The lowest BCUT2D eigenvalue weighted by Gasteiger charge is -2.21. The van der Waals surface area contributed by atoms with Gasteiger partial charge >= 0.3 is 0 Å². The Balaban J connectivity index is 1.79. The standard InChI is InChI=1S/C23H22N2O4/c1-14(26)25-19(16-9-11-21(28-2)22(12-16)29-3)13-18(24-25)23-17-7-5-4-6-15(17)8-10-20(23)27/h4-12,19,27H,13H2,1-3H3/t19-/m0/s1. The van der Waals surface area contributed by atoms with Crippen molar-refractivity contribution in [2.45, 2.75) is 19.4 Å².